The lowest BCUT2D eigenvalue weighted by Gasteiger charge is -2.12. The van der Waals surface area contributed by atoms with Gasteiger partial charge in [-0.25, -0.2) is 0 Å². The highest BCUT2D eigenvalue weighted by molar-refractivity contribution is 6.02. The first kappa shape index (κ1) is 19.2. The van der Waals surface area contributed by atoms with Crippen molar-refractivity contribution in [2.75, 3.05) is 33.3 Å². The first-order valence-electron chi connectivity index (χ1n) is 8.13. The zero-order chi connectivity index (χ0) is 18.9. The molecule has 0 aliphatic rings. The van der Waals surface area contributed by atoms with Crippen molar-refractivity contribution in [3.8, 4) is 23.0 Å². The fourth-order valence-electron chi connectivity index (χ4n) is 2.35. The number of methoxy groups -OCH3 is 3. The van der Waals surface area contributed by atoms with Crippen molar-refractivity contribution in [3.63, 3.8) is 0 Å². The molecule has 0 atom stereocenters. The Hall–Kier alpha value is -3.15. The Morgan fingerprint density at radius 1 is 1.00 bits per heavy atom. The molecule has 6 heteroatoms. The fraction of sp³-hybridized carbons (Fsp3) is 0.250. The summed E-state index contributed by atoms with van der Waals surface area (Å²) >= 11 is 0. The van der Waals surface area contributed by atoms with Gasteiger partial charge in [-0.3, -0.25) is 4.79 Å². The van der Waals surface area contributed by atoms with Crippen molar-refractivity contribution in [1.82, 2.24) is 0 Å². The molecule has 0 saturated carbocycles. The van der Waals surface area contributed by atoms with Gasteiger partial charge in [0, 0.05) is 11.8 Å². The highest BCUT2D eigenvalue weighted by atomic mass is 16.5. The predicted octanol–water partition coefficient (Wildman–Crippen LogP) is 3.76. The Labute approximate surface area is 153 Å². The summed E-state index contributed by atoms with van der Waals surface area (Å²) < 4.78 is 21.3. The van der Waals surface area contributed by atoms with Gasteiger partial charge < -0.3 is 24.3 Å². The van der Waals surface area contributed by atoms with Gasteiger partial charge in [0.1, 0.15) is 5.75 Å². The van der Waals surface area contributed by atoms with Crippen LogP contribution >= 0.6 is 0 Å². The number of hydrogen-bond donors (Lipinski definition) is 1. The van der Waals surface area contributed by atoms with Crippen LogP contribution in [0.1, 0.15) is 12.5 Å². The van der Waals surface area contributed by atoms with E-state index in [1.807, 2.05) is 19.1 Å². The monoisotopic (exact) mass is 357 g/mol. The van der Waals surface area contributed by atoms with E-state index in [-0.39, 0.29) is 5.91 Å². The van der Waals surface area contributed by atoms with Gasteiger partial charge in [-0.2, -0.15) is 0 Å². The summed E-state index contributed by atoms with van der Waals surface area (Å²) in [7, 11) is 4.63. The van der Waals surface area contributed by atoms with E-state index in [2.05, 4.69) is 5.32 Å². The normalized spacial score (nSPS) is 10.5. The maximum absolute atomic E-state index is 12.1. The first-order chi connectivity index (χ1) is 12.6. The SMILES string of the molecule is CCOc1ccc(NC(=O)C=Cc2cc(OC)c(OC)c(OC)c2)cc1. The molecule has 0 aromatic heterocycles. The third-order valence-electron chi connectivity index (χ3n) is 3.55. The average molecular weight is 357 g/mol. The molecule has 0 saturated heterocycles. The Morgan fingerprint density at radius 3 is 2.12 bits per heavy atom. The van der Waals surface area contributed by atoms with Gasteiger partial charge in [-0.1, -0.05) is 0 Å². The molecule has 0 aliphatic carbocycles. The van der Waals surface area contributed by atoms with Crippen molar-refractivity contribution >= 4 is 17.7 Å². The van der Waals surface area contributed by atoms with Crippen LogP contribution in [0.3, 0.4) is 0 Å². The Balaban J connectivity index is 2.09. The van der Waals surface area contributed by atoms with Crippen molar-refractivity contribution in [2.45, 2.75) is 6.92 Å². The van der Waals surface area contributed by atoms with Crippen LogP contribution in [0, 0.1) is 0 Å². The predicted molar refractivity (Wildman–Crippen MR) is 101 cm³/mol. The lowest BCUT2D eigenvalue weighted by molar-refractivity contribution is -0.111. The van der Waals surface area contributed by atoms with Crippen LogP contribution in [-0.4, -0.2) is 33.8 Å². The molecule has 1 amide bonds. The van der Waals surface area contributed by atoms with E-state index in [0.29, 0.717) is 29.5 Å². The van der Waals surface area contributed by atoms with E-state index >= 15 is 0 Å². The van der Waals surface area contributed by atoms with Crippen molar-refractivity contribution in [3.05, 3.63) is 48.0 Å². The Morgan fingerprint density at radius 2 is 1.62 bits per heavy atom. The fourth-order valence-corrected chi connectivity index (χ4v) is 2.35. The maximum Gasteiger partial charge on any atom is 0.248 e. The van der Waals surface area contributed by atoms with Gasteiger partial charge in [0.25, 0.3) is 0 Å². The molecule has 2 aromatic carbocycles. The molecule has 1 N–H and O–H groups in total. The van der Waals surface area contributed by atoms with Crippen LogP contribution in [0.4, 0.5) is 5.69 Å². The zero-order valence-corrected chi connectivity index (χ0v) is 15.4. The quantitative estimate of drug-likeness (QED) is 0.729. The molecule has 26 heavy (non-hydrogen) atoms. The molecule has 0 aliphatic heterocycles. The first-order valence-corrected chi connectivity index (χ1v) is 8.13. The number of amides is 1. The number of rotatable bonds is 8. The lowest BCUT2D eigenvalue weighted by Crippen LogP contribution is -2.07. The Bertz CT molecular complexity index is 743. The summed E-state index contributed by atoms with van der Waals surface area (Å²) in [5, 5.41) is 2.79. The number of carbonyl (C=O) groups excluding carboxylic acids is 1. The minimum atomic E-state index is -0.247. The summed E-state index contributed by atoms with van der Waals surface area (Å²) in [5.41, 5.74) is 1.44. The molecular formula is C20H23NO5. The highest BCUT2D eigenvalue weighted by Crippen LogP contribution is 2.38. The van der Waals surface area contributed by atoms with Crippen LogP contribution < -0.4 is 24.3 Å². The number of carbonyl (C=O) groups is 1. The minimum absolute atomic E-state index is 0.247. The summed E-state index contributed by atoms with van der Waals surface area (Å²) in [6, 6.07) is 10.7. The van der Waals surface area contributed by atoms with E-state index in [1.54, 1.807) is 51.7 Å². The average Bonchev–Trinajstić information content (AvgIpc) is 2.67. The lowest BCUT2D eigenvalue weighted by atomic mass is 10.1. The molecule has 0 unspecified atom stereocenters. The van der Waals surface area contributed by atoms with Crippen LogP contribution in [0.5, 0.6) is 23.0 Å². The molecule has 0 radical (unpaired) electrons. The minimum Gasteiger partial charge on any atom is -0.494 e. The topological polar surface area (TPSA) is 66.0 Å². The van der Waals surface area contributed by atoms with Crippen molar-refractivity contribution < 1.29 is 23.7 Å². The van der Waals surface area contributed by atoms with Crippen molar-refractivity contribution in [2.24, 2.45) is 0 Å². The number of benzene rings is 2. The molecule has 0 fully saturated rings. The molecule has 6 nitrogen and oxygen atoms in total. The standard InChI is InChI=1S/C20H23NO5/c1-5-26-16-9-7-15(8-10-16)21-19(22)11-6-14-12-17(23-2)20(25-4)18(13-14)24-3/h6-13H,5H2,1-4H3,(H,21,22). The maximum atomic E-state index is 12.1. The summed E-state index contributed by atoms with van der Waals surface area (Å²) in [4.78, 5) is 12.1. The van der Waals surface area contributed by atoms with E-state index < -0.39 is 0 Å². The molecule has 0 spiro atoms. The van der Waals surface area contributed by atoms with Crippen LogP contribution in [0.25, 0.3) is 6.08 Å². The molecule has 0 heterocycles. The van der Waals surface area contributed by atoms with Crippen LogP contribution in [-0.2, 0) is 4.79 Å². The number of hydrogen-bond acceptors (Lipinski definition) is 5. The smallest absolute Gasteiger partial charge is 0.248 e. The van der Waals surface area contributed by atoms with E-state index in [0.717, 1.165) is 11.3 Å². The second kappa shape index (κ2) is 9.36. The van der Waals surface area contributed by atoms with Gasteiger partial charge in [0.2, 0.25) is 11.7 Å². The van der Waals surface area contributed by atoms with E-state index in [1.165, 1.54) is 6.08 Å². The second-order valence-corrected chi connectivity index (χ2v) is 5.24. The molecule has 2 rings (SSSR count). The third-order valence-corrected chi connectivity index (χ3v) is 3.55. The summed E-state index contributed by atoms with van der Waals surface area (Å²) in [6.45, 7) is 2.52. The van der Waals surface area contributed by atoms with Crippen molar-refractivity contribution in [1.29, 1.82) is 0 Å². The molecule has 138 valence electrons. The van der Waals surface area contributed by atoms with Crippen LogP contribution in [0.2, 0.25) is 0 Å². The van der Waals surface area contributed by atoms with Gasteiger partial charge in [0.15, 0.2) is 11.5 Å². The highest BCUT2D eigenvalue weighted by Gasteiger charge is 2.12. The van der Waals surface area contributed by atoms with Gasteiger partial charge in [-0.15, -0.1) is 0 Å². The zero-order valence-electron chi connectivity index (χ0n) is 15.4. The number of nitrogens with one attached hydrogen (secondary N) is 1. The summed E-state index contributed by atoms with van der Waals surface area (Å²) in [6.07, 6.45) is 3.12. The van der Waals surface area contributed by atoms with E-state index in [4.69, 9.17) is 18.9 Å². The number of anilines is 1. The third kappa shape index (κ3) is 4.92. The molecule has 0 bridgehead atoms. The molecule has 2 aromatic rings. The van der Waals surface area contributed by atoms with Gasteiger partial charge >= 0.3 is 0 Å². The van der Waals surface area contributed by atoms with Crippen LogP contribution in [0.15, 0.2) is 42.5 Å². The summed E-state index contributed by atoms with van der Waals surface area (Å²) in [5.74, 6) is 2.07. The molecular weight excluding hydrogens is 334 g/mol. The van der Waals surface area contributed by atoms with E-state index in [9.17, 15) is 4.79 Å². The Kier molecular flexibility index (Phi) is 6.91. The second-order valence-electron chi connectivity index (χ2n) is 5.24. The van der Waals surface area contributed by atoms with Gasteiger partial charge in [0.05, 0.1) is 27.9 Å². The number of ether oxygens (including phenoxy) is 4. The largest absolute Gasteiger partial charge is 0.494 e. The van der Waals surface area contributed by atoms with Gasteiger partial charge in [-0.05, 0) is 55.0 Å².